The summed E-state index contributed by atoms with van der Waals surface area (Å²) in [5, 5.41) is 9.18. The molecule has 1 aliphatic rings. The summed E-state index contributed by atoms with van der Waals surface area (Å²) in [6, 6.07) is 10.3. The molecule has 1 fully saturated rings. The van der Waals surface area contributed by atoms with Crippen molar-refractivity contribution < 1.29 is 0 Å². The molecule has 1 aromatic carbocycles. The molecule has 2 aromatic rings. The lowest BCUT2D eigenvalue weighted by molar-refractivity contribution is 0.0947. The van der Waals surface area contributed by atoms with E-state index in [2.05, 4.69) is 48.0 Å². The first-order valence-corrected chi connectivity index (χ1v) is 9.97. The number of nitrogens with zero attached hydrogens (tertiary/aromatic N) is 3. The zero-order valence-corrected chi connectivity index (χ0v) is 16.5. The largest absolute Gasteiger partial charge is 0.397 e. The molecule has 3 rings (SSSR count). The van der Waals surface area contributed by atoms with Gasteiger partial charge in [0, 0.05) is 23.1 Å². The molecule has 0 aliphatic carbocycles. The van der Waals surface area contributed by atoms with Crippen LogP contribution >= 0.6 is 0 Å². The zero-order chi connectivity index (χ0) is 18.6. The number of nitrogen functional groups attached to an aromatic ring is 1. The Balaban J connectivity index is 1.92. The van der Waals surface area contributed by atoms with E-state index < -0.39 is 0 Å². The van der Waals surface area contributed by atoms with Crippen LogP contribution in [0.15, 0.2) is 30.3 Å². The van der Waals surface area contributed by atoms with Crippen molar-refractivity contribution in [1.29, 1.82) is 0 Å². The van der Waals surface area contributed by atoms with Gasteiger partial charge in [0.25, 0.3) is 0 Å². The molecule has 1 aliphatic heterocycles. The molecule has 140 valence electrons. The van der Waals surface area contributed by atoms with Gasteiger partial charge in [0.2, 0.25) is 0 Å². The first-order chi connectivity index (χ1) is 12.5. The van der Waals surface area contributed by atoms with Crippen molar-refractivity contribution in [1.82, 2.24) is 15.1 Å². The summed E-state index contributed by atoms with van der Waals surface area (Å²) < 4.78 is 0. The summed E-state index contributed by atoms with van der Waals surface area (Å²) in [6.45, 7) is 9.15. The number of nitrogens with two attached hydrogens (primary N) is 1. The van der Waals surface area contributed by atoms with Gasteiger partial charge in [-0.25, -0.2) is 0 Å². The number of benzene rings is 1. The minimum absolute atomic E-state index is 0.0565. The lowest BCUT2D eigenvalue weighted by Crippen LogP contribution is -2.48. The van der Waals surface area contributed by atoms with Gasteiger partial charge in [-0.15, -0.1) is 5.10 Å². The summed E-state index contributed by atoms with van der Waals surface area (Å²) in [6.07, 6.45) is 6.75. The second-order valence-electron chi connectivity index (χ2n) is 8.04. The Morgan fingerprint density at radius 3 is 2.38 bits per heavy atom. The SMILES string of the molecule is CCCc1c(-c2ccccc2)nnc(CC(C)(C)N2CCCCC2)c1N. The zero-order valence-electron chi connectivity index (χ0n) is 16.5. The molecule has 4 heteroatoms. The van der Waals surface area contributed by atoms with Gasteiger partial charge in [0.1, 0.15) is 0 Å². The highest BCUT2D eigenvalue weighted by molar-refractivity contribution is 5.70. The predicted octanol–water partition coefficient (Wildman–Crippen LogP) is 4.49. The average Bonchev–Trinajstić information content (AvgIpc) is 2.66. The van der Waals surface area contributed by atoms with Gasteiger partial charge in [-0.1, -0.05) is 50.1 Å². The topological polar surface area (TPSA) is 55.0 Å². The normalized spacial score (nSPS) is 16.0. The summed E-state index contributed by atoms with van der Waals surface area (Å²) in [5.74, 6) is 0. The summed E-state index contributed by atoms with van der Waals surface area (Å²) in [7, 11) is 0. The van der Waals surface area contributed by atoms with Gasteiger partial charge >= 0.3 is 0 Å². The third kappa shape index (κ3) is 4.07. The van der Waals surface area contributed by atoms with Gasteiger partial charge < -0.3 is 5.73 Å². The smallest absolute Gasteiger partial charge is 0.0982 e. The fourth-order valence-corrected chi connectivity index (χ4v) is 4.01. The standard InChI is InChI=1S/C22H32N4/c1-4-11-18-20(23)19(16-22(2,3)26-14-9-6-10-15-26)24-25-21(18)17-12-7-5-8-13-17/h5,7-8,12-13H,4,6,9-11,14-16H2,1-3H3,(H2,23,25). The fraction of sp³-hybridized carbons (Fsp3) is 0.545. The Bertz CT molecular complexity index is 718. The highest BCUT2D eigenvalue weighted by Gasteiger charge is 2.30. The van der Waals surface area contributed by atoms with E-state index in [4.69, 9.17) is 5.73 Å². The molecule has 0 saturated carbocycles. The van der Waals surface area contributed by atoms with Crippen LogP contribution in [0.25, 0.3) is 11.3 Å². The van der Waals surface area contributed by atoms with Crippen LogP contribution in [0.2, 0.25) is 0 Å². The van der Waals surface area contributed by atoms with Crippen molar-refractivity contribution in [2.24, 2.45) is 0 Å². The maximum Gasteiger partial charge on any atom is 0.0982 e. The van der Waals surface area contributed by atoms with E-state index in [0.717, 1.165) is 47.5 Å². The van der Waals surface area contributed by atoms with Crippen LogP contribution in [0.3, 0.4) is 0 Å². The van der Waals surface area contributed by atoms with Gasteiger partial charge in [-0.3, -0.25) is 4.90 Å². The van der Waals surface area contributed by atoms with E-state index in [-0.39, 0.29) is 5.54 Å². The summed E-state index contributed by atoms with van der Waals surface area (Å²) >= 11 is 0. The van der Waals surface area contributed by atoms with Crippen molar-refractivity contribution in [3.8, 4) is 11.3 Å². The monoisotopic (exact) mass is 352 g/mol. The maximum absolute atomic E-state index is 6.62. The fourth-order valence-electron chi connectivity index (χ4n) is 4.01. The molecule has 0 amide bonds. The molecule has 0 radical (unpaired) electrons. The minimum Gasteiger partial charge on any atom is -0.397 e. The van der Waals surface area contributed by atoms with Gasteiger partial charge in [-0.2, -0.15) is 5.10 Å². The van der Waals surface area contributed by atoms with E-state index in [1.165, 1.54) is 32.4 Å². The van der Waals surface area contributed by atoms with Crippen molar-refractivity contribution >= 4 is 5.69 Å². The van der Waals surface area contributed by atoms with Gasteiger partial charge in [-0.05, 0) is 46.2 Å². The van der Waals surface area contributed by atoms with E-state index in [0.29, 0.717) is 0 Å². The molecule has 0 bridgehead atoms. The van der Waals surface area contributed by atoms with Gasteiger partial charge in [0.05, 0.1) is 17.1 Å². The third-order valence-electron chi connectivity index (χ3n) is 5.55. The number of anilines is 1. The van der Waals surface area contributed by atoms with Crippen molar-refractivity contribution in [3.05, 3.63) is 41.6 Å². The number of hydrogen-bond donors (Lipinski definition) is 1. The molecule has 0 atom stereocenters. The Hall–Kier alpha value is -1.94. The lowest BCUT2D eigenvalue weighted by Gasteiger charge is -2.41. The van der Waals surface area contributed by atoms with E-state index in [9.17, 15) is 0 Å². The Labute approximate surface area is 157 Å². The molecule has 1 aromatic heterocycles. The van der Waals surface area contributed by atoms with Crippen LogP contribution < -0.4 is 5.73 Å². The van der Waals surface area contributed by atoms with Crippen LogP contribution in [0.4, 0.5) is 5.69 Å². The van der Waals surface area contributed by atoms with Crippen molar-refractivity contribution in [3.63, 3.8) is 0 Å². The summed E-state index contributed by atoms with van der Waals surface area (Å²) in [5.41, 5.74) is 11.6. The maximum atomic E-state index is 6.62. The Kier molecular flexibility index (Phi) is 5.92. The van der Waals surface area contributed by atoms with Crippen molar-refractivity contribution in [2.75, 3.05) is 18.8 Å². The lowest BCUT2D eigenvalue weighted by atomic mass is 9.91. The molecule has 2 heterocycles. The van der Waals surface area contributed by atoms with Crippen molar-refractivity contribution in [2.45, 2.75) is 64.8 Å². The molecule has 26 heavy (non-hydrogen) atoms. The molecular weight excluding hydrogens is 320 g/mol. The number of hydrogen-bond acceptors (Lipinski definition) is 4. The molecule has 1 saturated heterocycles. The molecule has 4 nitrogen and oxygen atoms in total. The first-order valence-electron chi connectivity index (χ1n) is 9.97. The van der Waals surface area contributed by atoms with Gasteiger partial charge in [0.15, 0.2) is 0 Å². The number of aromatic nitrogens is 2. The molecule has 0 unspecified atom stereocenters. The first kappa shape index (κ1) is 18.8. The van der Waals surface area contributed by atoms with Crippen LogP contribution in [0.1, 0.15) is 57.7 Å². The van der Waals surface area contributed by atoms with E-state index >= 15 is 0 Å². The average molecular weight is 353 g/mol. The number of piperidine rings is 1. The molecular formula is C22H32N4. The minimum atomic E-state index is 0.0565. The van der Waals surface area contributed by atoms with E-state index in [1.54, 1.807) is 0 Å². The number of likely N-dealkylation sites (tertiary alicyclic amines) is 1. The van der Waals surface area contributed by atoms with Crippen LogP contribution in [-0.2, 0) is 12.8 Å². The second-order valence-corrected chi connectivity index (χ2v) is 8.04. The summed E-state index contributed by atoms with van der Waals surface area (Å²) in [4.78, 5) is 2.59. The van der Waals surface area contributed by atoms with Crippen LogP contribution in [0.5, 0.6) is 0 Å². The van der Waals surface area contributed by atoms with E-state index in [1.807, 2.05) is 18.2 Å². The quantitative estimate of drug-likeness (QED) is 0.832. The molecule has 0 spiro atoms. The number of rotatable bonds is 6. The third-order valence-corrected chi connectivity index (χ3v) is 5.55. The Morgan fingerprint density at radius 2 is 1.73 bits per heavy atom. The van der Waals surface area contributed by atoms with Crippen LogP contribution in [-0.4, -0.2) is 33.7 Å². The molecule has 2 N–H and O–H groups in total. The Morgan fingerprint density at radius 1 is 1.04 bits per heavy atom. The van der Waals surface area contributed by atoms with Crippen LogP contribution in [0, 0.1) is 0 Å². The highest BCUT2D eigenvalue weighted by atomic mass is 15.2. The second kappa shape index (κ2) is 8.17. The predicted molar refractivity (Wildman–Crippen MR) is 109 cm³/mol. The highest BCUT2D eigenvalue weighted by Crippen LogP contribution is 2.31.